The maximum absolute atomic E-state index is 12.9. The summed E-state index contributed by atoms with van der Waals surface area (Å²) in [6, 6.07) is 7.27. The normalized spacial score (nSPS) is 18.2. The summed E-state index contributed by atoms with van der Waals surface area (Å²) in [5.41, 5.74) is 5.76. The zero-order chi connectivity index (χ0) is 47.1. The standard InChI is InChI=1S/C29H40N4O4.C24H32N4O3/c1-33(20-22(34)18-21-8-3-2-4-9-21)29-24-10-7-11-25(24)31-28(32-29)26-19-23(13-14-30-26)35-16-17-37-27-12-5-6-15-36-27;1-28(16-18(30)14-17-6-3-2-4-7-17)24-20-8-5-9-21(20)26-23(27-24)22-15-19(10-11-25-22)31-13-12-29/h13-14,19,21,27H,2-12,15-18,20H2,1H3;10-11,15,17,29H,2-9,12-14,16H2,1H3. The van der Waals surface area contributed by atoms with Crippen LogP contribution in [0, 0.1) is 11.8 Å². The molecule has 1 atom stereocenters. The summed E-state index contributed by atoms with van der Waals surface area (Å²) in [6.45, 7) is 2.63. The minimum Gasteiger partial charge on any atom is -0.491 e. The summed E-state index contributed by atoms with van der Waals surface area (Å²) in [5, 5.41) is 8.99. The predicted octanol–water partition coefficient (Wildman–Crippen LogP) is 8.30. The quantitative estimate of drug-likeness (QED) is 0.0838. The molecule has 1 unspecified atom stereocenters. The summed E-state index contributed by atoms with van der Waals surface area (Å²) in [7, 11) is 3.93. The van der Waals surface area contributed by atoms with Gasteiger partial charge in [0.2, 0.25) is 0 Å². The number of Topliss-reactive ketones (excluding diaryl/α,β-unsaturated/α-hetero) is 2. The van der Waals surface area contributed by atoms with Crippen LogP contribution in [-0.2, 0) is 44.7 Å². The summed E-state index contributed by atoms with van der Waals surface area (Å²) in [5.74, 6) is 5.87. The number of ether oxygens (including phenoxy) is 4. The van der Waals surface area contributed by atoms with Gasteiger partial charge in [0, 0.05) is 80.6 Å². The van der Waals surface area contributed by atoms with E-state index in [4.69, 9.17) is 44.0 Å². The number of aromatic nitrogens is 6. The van der Waals surface area contributed by atoms with Crippen LogP contribution in [0.5, 0.6) is 11.5 Å². The Bertz CT molecular complexity index is 2280. The summed E-state index contributed by atoms with van der Waals surface area (Å²) < 4.78 is 22.8. The Hall–Kier alpha value is -5.12. The number of hydrogen-bond acceptors (Lipinski definition) is 15. The third-order valence-corrected chi connectivity index (χ3v) is 13.9. The van der Waals surface area contributed by atoms with Gasteiger partial charge in [-0.2, -0.15) is 0 Å². The highest BCUT2D eigenvalue weighted by molar-refractivity contribution is 5.84. The average Bonchev–Trinajstić information content (AvgIpc) is 4.06. The lowest BCUT2D eigenvalue weighted by Gasteiger charge is -2.24. The van der Waals surface area contributed by atoms with Crippen LogP contribution in [0.4, 0.5) is 11.6 Å². The first kappa shape index (κ1) is 49.3. The zero-order valence-corrected chi connectivity index (χ0v) is 40.5. The van der Waals surface area contributed by atoms with Crippen molar-refractivity contribution in [3.8, 4) is 34.5 Å². The number of aliphatic hydroxyl groups excluding tert-OH is 1. The second-order valence-corrected chi connectivity index (χ2v) is 19.3. The number of aryl methyl sites for hydroxylation is 2. The summed E-state index contributed by atoms with van der Waals surface area (Å²) in [6.07, 6.45) is 26.1. The van der Waals surface area contributed by atoms with Crippen molar-refractivity contribution >= 4 is 23.2 Å². The van der Waals surface area contributed by atoms with Crippen molar-refractivity contribution in [1.82, 2.24) is 29.9 Å². The number of fused-ring (bicyclic) bond motifs is 2. The minimum absolute atomic E-state index is 0.0448. The van der Waals surface area contributed by atoms with Gasteiger partial charge in [-0.05, 0) is 81.8 Å². The Morgan fingerprint density at radius 1 is 0.618 bits per heavy atom. The molecule has 4 aromatic rings. The summed E-state index contributed by atoms with van der Waals surface area (Å²) in [4.78, 5) is 58.0. The molecule has 0 amide bonds. The SMILES string of the molecule is CN(CC(=O)CC1CCCCC1)c1nc(-c2cc(OCCO)ccn2)nc2c1CCC2.CN(CC(=O)CC1CCCCC1)c1nc(-c2cc(OCCOC3CCCCO3)ccn2)nc2c1CCC2. The van der Waals surface area contributed by atoms with E-state index >= 15 is 0 Å². The third-order valence-electron chi connectivity index (χ3n) is 13.9. The van der Waals surface area contributed by atoms with Crippen LogP contribution in [0.15, 0.2) is 36.7 Å². The molecule has 1 saturated heterocycles. The number of likely N-dealkylation sites (N-methyl/N-ethyl adjacent to an activating group) is 2. The number of ketones is 2. The van der Waals surface area contributed by atoms with E-state index in [2.05, 4.69) is 9.97 Å². The Balaban J connectivity index is 0.000000187. The smallest absolute Gasteiger partial charge is 0.180 e. The Morgan fingerprint density at radius 2 is 1.12 bits per heavy atom. The Labute approximate surface area is 402 Å². The van der Waals surface area contributed by atoms with Crippen molar-refractivity contribution in [1.29, 1.82) is 0 Å². The molecular weight excluding hydrogens is 861 g/mol. The van der Waals surface area contributed by atoms with Gasteiger partial charge in [-0.15, -0.1) is 0 Å². The molecule has 68 heavy (non-hydrogen) atoms. The molecule has 1 N–H and O–H groups in total. The minimum atomic E-state index is -0.116. The van der Waals surface area contributed by atoms with Crippen LogP contribution in [0.25, 0.3) is 23.0 Å². The van der Waals surface area contributed by atoms with Gasteiger partial charge in [0.25, 0.3) is 0 Å². The molecule has 0 bridgehead atoms. The van der Waals surface area contributed by atoms with E-state index in [1.165, 1.54) is 69.8 Å². The van der Waals surface area contributed by atoms with Crippen LogP contribution >= 0.6 is 0 Å². The van der Waals surface area contributed by atoms with Crippen LogP contribution in [0.3, 0.4) is 0 Å². The van der Waals surface area contributed by atoms with Crippen molar-refractivity contribution in [3.63, 3.8) is 0 Å². The second kappa shape index (κ2) is 24.9. The third kappa shape index (κ3) is 13.8. The molecule has 0 radical (unpaired) electrons. The molecular formula is C53H72N8O7. The number of pyridine rings is 2. The lowest BCUT2D eigenvalue weighted by Crippen LogP contribution is -2.29. The van der Waals surface area contributed by atoms with Crippen molar-refractivity contribution in [2.45, 2.75) is 141 Å². The lowest BCUT2D eigenvalue weighted by molar-refractivity contribution is -0.165. The van der Waals surface area contributed by atoms with Crippen LogP contribution in [-0.4, -0.2) is 113 Å². The first-order valence-electron chi connectivity index (χ1n) is 25.6. The van der Waals surface area contributed by atoms with Crippen molar-refractivity contribution in [3.05, 3.63) is 59.2 Å². The molecule has 3 fully saturated rings. The monoisotopic (exact) mass is 933 g/mol. The first-order chi connectivity index (χ1) is 33.3. The molecule has 15 nitrogen and oxygen atoms in total. The van der Waals surface area contributed by atoms with Gasteiger partial charge in [0.1, 0.15) is 47.7 Å². The number of aliphatic hydroxyl groups is 1. The number of rotatable bonds is 20. The van der Waals surface area contributed by atoms with Crippen molar-refractivity contribution < 1.29 is 33.6 Å². The average molecular weight is 933 g/mol. The molecule has 0 aromatic carbocycles. The number of carbonyl (C=O) groups is 2. The van der Waals surface area contributed by atoms with Crippen molar-refractivity contribution in [2.24, 2.45) is 11.8 Å². The van der Waals surface area contributed by atoms with Crippen LogP contribution < -0.4 is 19.3 Å². The predicted molar refractivity (Wildman–Crippen MR) is 261 cm³/mol. The highest BCUT2D eigenvalue weighted by Gasteiger charge is 2.27. The first-order valence-corrected chi connectivity index (χ1v) is 25.6. The van der Waals surface area contributed by atoms with E-state index in [0.29, 0.717) is 97.1 Å². The number of anilines is 2. The van der Waals surface area contributed by atoms with Gasteiger partial charge in [0.15, 0.2) is 29.5 Å². The topological polar surface area (TPSA) is 175 Å². The van der Waals surface area contributed by atoms with E-state index in [-0.39, 0.29) is 19.5 Å². The van der Waals surface area contributed by atoms with Crippen molar-refractivity contribution in [2.75, 3.05) is 70.0 Å². The number of hydrogen-bond donors (Lipinski definition) is 1. The Morgan fingerprint density at radius 3 is 1.60 bits per heavy atom. The highest BCUT2D eigenvalue weighted by atomic mass is 16.7. The molecule has 4 aliphatic carbocycles. The molecule has 4 aromatic heterocycles. The van der Waals surface area contributed by atoms with Gasteiger partial charge >= 0.3 is 0 Å². The lowest BCUT2D eigenvalue weighted by atomic mass is 9.86. The zero-order valence-electron chi connectivity index (χ0n) is 40.5. The maximum Gasteiger partial charge on any atom is 0.180 e. The van der Waals surface area contributed by atoms with E-state index in [1.807, 2.05) is 36.0 Å². The van der Waals surface area contributed by atoms with Gasteiger partial charge in [-0.25, -0.2) is 19.9 Å². The molecule has 15 heteroatoms. The van der Waals surface area contributed by atoms with E-state index in [9.17, 15) is 9.59 Å². The van der Waals surface area contributed by atoms with Gasteiger partial charge < -0.3 is 33.9 Å². The largest absolute Gasteiger partial charge is 0.491 e. The Kier molecular flexibility index (Phi) is 18.1. The van der Waals surface area contributed by atoms with Gasteiger partial charge in [-0.3, -0.25) is 19.6 Å². The summed E-state index contributed by atoms with van der Waals surface area (Å²) >= 11 is 0. The van der Waals surface area contributed by atoms with E-state index < -0.39 is 0 Å². The molecule has 0 spiro atoms. The van der Waals surface area contributed by atoms with E-state index in [0.717, 1.165) is 93.0 Å². The number of carbonyl (C=O) groups excluding carboxylic acids is 2. The van der Waals surface area contributed by atoms with Crippen LogP contribution in [0.2, 0.25) is 0 Å². The molecule has 5 aliphatic rings. The van der Waals surface area contributed by atoms with Gasteiger partial charge in [0.05, 0.1) is 26.3 Å². The van der Waals surface area contributed by atoms with Gasteiger partial charge in [-0.1, -0.05) is 64.2 Å². The fraction of sp³-hybridized carbons (Fsp3) is 0.623. The number of nitrogens with zero attached hydrogens (tertiary/aromatic N) is 8. The maximum atomic E-state index is 12.9. The molecule has 1 aliphatic heterocycles. The van der Waals surface area contributed by atoms with E-state index in [1.54, 1.807) is 24.5 Å². The molecule has 366 valence electrons. The fourth-order valence-electron chi connectivity index (χ4n) is 10.5. The fourth-order valence-corrected chi connectivity index (χ4v) is 10.5. The molecule has 2 saturated carbocycles. The second-order valence-electron chi connectivity index (χ2n) is 19.3. The molecule has 5 heterocycles. The highest BCUT2D eigenvalue weighted by Crippen LogP contribution is 2.34. The van der Waals surface area contributed by atoms with Crippen LogP contribution in [0.1, 0.15) is 132 Å². The molecule has 9 rings (SSSR count).